The Balaban J connectivity index is 1.83. The molecule has 2 aliphatic heterocycles. The molecule has 7 heteroatoms. The number of halogens is 3. The van der Waals surface area contributed by atoms with Crippen LogP contribution in [0.1, 0.15) is 30.2 Å². The van der Waals surface area contributed by atoms with Crippen LogP contribution in [0.25, 0.3) is 0 Å². The number of thiophene rings is 1. The van der Waals surface area contributed by atoms with E-state index in [1.807, 2.05) is 5.38 Å². The van der Waals surface area contributed by atoms with Crippen molar-refractivity contribution in [2.45, 2.75) is 44.0 Å². The lowest BCUT2D eigenvalue weighted by Gasteiger charge is -2.47. The van der Waals surface area contributed by atoms with Crippen LogP contribution in [-0.2, 0) is 21.6 Å². The highest BCUT2D eigenvalue weighted by molar-refractivity contribution is 7.10. The Morgan fingerprint density at radius 3 is 2.95 bits per heavy atom. The minimum Gasteiger partial charge on any atom is -0.369 e. The van der Waals surface area contributed by atoms with Crippen molar-refractivity contribution >= 4 is 17.2 Å². The van der Waals surface area contributed by atoms with Crippen LogP contribution in [0, 0.1) is 0 Å². The van der Waals surface area contributed by atoms with Gasteiger partial charge in [0, 0.05) is 23.9 Å². The van der Waals surface area contributed by atoms with Crippen LogP contribution in [0.3, 0.4) is 0 Å². The molecule has 1 aromatic heterocycles. The fraction of sp³-hybridized carbons (Fsp3) is 0.643. The Kier molecular flexibility index (Phi) is 3.52. The molecule has 2 aliphatic rings. The summed E-state index contributed by atoms with van der Waals surface area (Å²) in [4.78, 5) is 13.5. The molecule has 0 saturated carbocycles. The molecular weight excluding hydrogens is 303 g/mol. The number of ether oxygens (including phenoxy) is 1. The molecule has 1 aromatic rings. The van der Waals surface area contributed by atoms with Gasteiger partial charge in [-0.05, 0) is 36.8 Å². The second-order valence-electron chi connectivity index (χ2n) is 5.67. The summed E-state index contributed by atoms with van der Waals surface area (Å²) in [7, 11) is 0. The highest BCUT2D eigenvalue weighted by atomic mass is 32.1. The van der Waals surface area contributed by atoms with E-state index in [9.17, 15) is 18.0 Å². The molecule has 0 unspecified atom stereocenters. The second kappa shape index (κ2) is 4.98. The normalized spacial score (nSPS) is 29.5. The van der Waals surface area contributed by atoms with E-state index in [1.165, 1.54) is 5.56 Å². The van der Waals surface area contributed by atoms with E-state index in [0.29, 0.717) is 19.4 Å². The summed E-state index contributed by atoms with van der Waals surface area (Å²) in [6.45, 7) is 2.33. The van der Waals surface area contributed by atoms with E-state index in [2.05, 4.69) is 6.07 Å². The number of hydrogen-bond acceptors (Lipinski definition) is 3. The fourth-order valence-electron chi connectivity index (χ4n) is 3.37. The van der Waals surface area contributed by atoms with Crippen molar-refractivity contribution in [2.75, 3.05) is 13.2 Å². The lowest BCUT2D eigenvalue weighted by Crippen LogP contribution is -2.55. The van der Waals surface area contributed by atoms with Crippen LogP contribution in [0.15, 0.2) is 11.4 Å². The van der Waals surface area contributed by atoms with Gasteiger partial charge in [0.25, 0.3) is 0 Å². The van der Waals surface area contributed by atoms with Crippen LogP contribution >= 0.6 is 11.3 Å². The zero-order valence-corrected chi connectivity index (χ0v) is 12.4. The molecule has 1 fully saturated rings. The van der Waals surface area contributed by atoms with Crippen LogP contribution in [0.4, 0.5) is 13.2 Å². The molecular formula is C14H16F3NO2S. The van der Waals surface area contributed by atoms with E-state index in [-0.39, 0.29) is 6.54 Å². The summed E-state index contributed by atoms with van der Waals surface area (Å²) in [6.07, 6.45) is -3.12. The zero-order chi connectivity index (χ0) is 15.3. The lowest BCUT2D eigenvalue weighted by atomic mass is 9.82. The smallest absolute Gasteiger partial charge is 0.369 e. The quantitative estimate of drug-likeness (QED) is 0.735. The number of amides is 1. The van der Waals surface area contributed by atoms with Gasteiger partial charge in [0.05, 0.1) is 6.61 Å². The first-order chi connectivity index (χ1) is 9.83. The van der Waals surface area contributed by atoms with Crippen molar-refractivity contribution in [1.29, 1.82) is 0 Å². The van der Waals surface area contributed by atoms with Crippen molar-refractivity contribution in [2.24, 2.45) is 0 Å². The fourth-order valence-corrected chi connectivity index (χ4v) is 4.52. The van der Waals surface area contributed by atoms with Crippen molar-refractivity contribution in [3.63, 3.8) is 0 Å². The maximum absolute atomic E-state index is 12.6. The van der Waals surface area contributed by atoms with E-state index in [0.717, 1.165) is 16.2 Å². The number of hydrogen-bond donors (Lipinski definition) is 0. The first kappa shape index (κ1) is 14.8. The van der Waals surface area contributed by atoms with Gasteiger partial charge in [-0.2, -0.15) is 13.2 Å². The Labute approximate surface area is 124 Å². The molecule has 3 nitrogen and oxygen atoms in total. The summed E-state index contributed by atoms with van der Waals surface area (Å²) in [5.41, 5.74) is 0.720. The second-order valence-corrected chi connectivity index (χ2v) is 6.58. The van der Waals surface area contributed by atoms with Crippen LogP contribution in [0.2, 0.25) is 0 Å². The Morgan fingerprint density at radius 1 is 1.52 bits per heavy atom. The van der Waals surface area contributed by atoms with Gasteiger partial charge in [0.1, 0.15) is 5.60 Å². The maximum atomic E-state index is 12.6. The molecule has 0 aliphatic carbocycles. The van der Waals surface area contributed by atoms with E-state index >= 15 is 0 Å². The average molecular weight is 319 g/mol. The van der Waals surface area contributed by atoms with Gasteiger partial charge in [-0.15, -0.1) is 11.3 Å². The molecule has 21 heavy (non-hydrogen) atoms. The van der Waals surface area contributed by atoms with Crippen LogP contribution < -0.4 is 0 Å². The highest BCUT2D eigenvalue weighted by Crippen LogP contribution is 2.46. The summed E-state index contributed by atoms with van der Waals surface area (Å²) < 4.78 is 43.8. The molecule has 3 rings (SSSR count). The zero-order valence-electron chi connectivity index (χ0n) is 11.6. The van der Waals surface area contributed by atoms with Gasteiger partial charge >= 0.3 is 12.1 Å². The van der Waals surface area contributed by atoms with Gasteiger partial charge in [-0.25, -0.2) is 0 Å². The van der Waals surface area contributed by atoms with E-state index < -0.39 is 23.7 Å². The Morgan fingerprint density at radius 2 is 2.29 bits per heavy atom. The Hall–Kier alpha value is -1.08. The van der Waals surface area contributed by atoms with Crippen molar-refractivity contribution in [3.8, 4) is 0 Å². The topological polar surface area (TPSA) is 29.5 Å². The Bertz CT molecular complexity index is 557. The summed E-state index contributed by atoms with van der Waals surface area (Å²) in [5.74, 6) is -1.74. The molecule has 0 N–H and O–H groups in total. The minimum atomic E-state index is -4.81. The number of fused-ring (bicyclic) bond motifs is 2. The van der Waals surface area contributed by atoms with E-state index in [1.54, 1.807) is 18.3 Å². The van der Waals surface area contributed by atoms with Gasteiger partial charge in [-0.3, -0.25) is 4.79 Å². The monoisotopic (exact) mass is 319 g/mol. The van der Waals surface area contributed by atoms with Crippen molar-refractivity contribution in [1.82, 2.24) is 4.90 Å². The predicted octanol–water partition coefficient (Wildman–Crippen LogP) is 3.09. The van der Waals surface area contributed by atoms with Gasteiger partial charge < -0.3 is 9.64 Å². The number of carbonyl (C=O) groups excluding carboxylic acids is 1. The van der Waals surface area contributed by atoms with Gasteiger partial charge in [0.15, 0.2) is 0 Å². The number of alkyl halides is 3. The molecule has 0 radical (unpaired) electrons. The third-order valence-corrected chi connectivity index (χ3v) is 5.47. The molecule has 1 amide bonds. The maximum Gasteiger partial charge on any atom is 0.471 e. The number of piperidine rings is 1. The minimum absolute atomic E-state index is 0.0802. The van der Waals surface area contributed by atoms with Gasteiger partial charge in [0.2, 0.25) is 0 Å². The van der Waals surface area contributed by atoms with E-state index in [4.69, 9.17) is 4.74 Å². The first-order valence-corrected chi connectivity index (χ1v) is 7.80. The SMILES string of the molecule is C[C@H]1C[C@@]2(CCN1C(=O)C(F)(F)F)OCCc1ccsc12. The molecule has 116 valence electrons. The highest BCUT2D eigenvalue weighted by Gasteiger charge is 2.50. The number of nitrogens with zero attached hydrogens (tertiary/aromatic N) is 1. The molecule has 3 heterocycles. The molecule has 2 atom stereocenters. The van der Waals surface area contributed by atoms with Crippen molar-refractivity contribution in [3.05, 3.63) is 21.9 Å². The lowest BCUT2D eigenvalue weighted by molar-refractivity contribution is -0.194. The standard InChI is InChI=1S/C14H16F3NO2S/c1-9-8-13(4-5-18(9)12(19)14(15,16)17)11-10(2-6-20-13)3-7-21-11/h3,7,9H,2,4-6,8H2,1H3/t9-,13+/m0/s1. The molecule has 1 spiro atoms. The summed E-state index contributed by atoms with van der Waals surface area (Å²) in [6, 6.07) is 1.57. The number of carbonyl (C=O) groups is 1. The van der Waals surface area contributed by atoms with Crippen molar-refractivity contribution < 1.29 is 22.7 Å². The first-order valence-electron chi connectivity index (χ1n) is 6.92. The number of likely N-dealkylation sites (tertiary alicyclic amines) is 1. The molecule has 0 bridgehead atoms. The molecule has 0 aromatic carbocycles. The summed E-state index contributed by atoms with van der Waals surface area (Å²) in [5, 5.41) is 2.00. The number of rotatable bonds is 0. The third kappa shape index (κ3) is 2.46. The third-order valence-electron chi connectivity index (χ3n) is 4.33. The largest absolute Gasteiger partial charge is 0.471 e. The summed E-state index contributed by atoms with van der Waals surface area (Å²) >= 11 is 1.60. The average Bonchev–Trinajstić information content (AvgIpc) is 2.87. The van der Waals surface area contributed by atoms with Crippen LogP contribution in [-0.4, -0.2) is 36.2 Å². The predicted molar refractivity (Wildman–Crippen MR) is 72.1 cm³/mol. The molecule has 1 saturated heterocycles. The van der Waals surface area contributed by atoms with Crippen LogP contribution in [0.5, 0.6) is 0 Å². The van der Waals surface area contributed by atoms with Gasteiger partial charge in [-0.1, -0.05) is 0 Å².